The van der Waals surface area contributed by atoms with E-state index < -0.39 is 0 Å². The van der Waals surface area contributed by atoms with E-state index in [9.17, 15) is 14.4 Å². The number of amides is 3. The predicted molar refractivity (Wildman–Crippen MR) is 244 cm³/mol. The second-order valence-corrected chi connectivity index (χ2v) is 14.9. The first kappa shape index (κ1) is 48.5. The molecule has 4 N–H and O–H groups in total. The van der Waals surface area contributed by atoms with E-state index in [2.05, 4.69) is 90.0 Å². The second kappa shape index (κ2) is 27.8. The number of thiophene rings is 2. The van der Waals surface area contributed by atoms with Crippen molar-refractivity contribution >= 4 is 67.8 Å². The number of imidazole rings is 2. The van der Waals surface area contributed by atoms with Crippen molar-refractivity contribution in [2.24, 2.45) is 0 Å². The summed E-state index contributed by atoms with van der Waals surface area (Å²) in [6, 6.07) is 16.0. The Morgan fingerprint density at radius 2 is 1.55 bits per heavy atom. The van der Waals surface area contributed by atoms with Gasteiger partial charge in [-0.3, -0.25) is 19.2 Å². The van der Waals surface area contributed by atoms with Crippen LogP contribution in [-0.4, -0.2) is 101 Å². The molecule has 0 spiro atoms. The molecule has 0 bridgehead atoms. The molecule has 15 heteroatoms. The molecule has 0 aliphatic carbocycles. The number of H-pyrrole nitrogens is 2. The van der Waals surface area contributed by atoms with Crippen LogP contribution < -0.4 is 10.6 Å². The van der Waals surface area contributed by atoms with Gasteiger partial charge in [-0.2, -0.15) is 0 Å². The van der Waals surface area contributed by atoms with Gasteiger partial charge < -0.3 is 35.1 Å². The summed E-state index contributed by atoms with van der Waals surface area (Å²) < 4.78 is 6.39. The number of likely N-dealkylation sites (N-methyl/N-ethyl adjacent to an activating group) is 1. The number of rotatable bonds is 8. The summed E-state index contributed by atoms with van der Waals surface area (Å²) in [4.78, 5) is 60.3. The Hall–Kier alpha value is -5.82. The lowest BCUT2D eigenvalue weighted by atomic mass is 10.1. The van der Waals surface area contributed by atoms with Gasteiger partial charge in [-0.15, -0.1) is 22.7 Å². The summed E-state index contributed by atoms with van der Waals surface area (Å²) >= 11 is 3.49. The zero-order valence-corrected chi connectivity index (χ0v) is 37.1. The highest BCUT2D eigenvalue weighted by atomic mass is 32.1. The number of nitrogens with zero attached hydrogens (tertiary/aromatic N) is 4. The molecule has 320 valence electrons. The van der Waals surface area contributed by atoms with E-state index in [1.165, 1.54) is 34.1 Å². The molecule has 0 radical (unpaired) electrons. The van der Waals surface area contributed by atoms with Crippen LogP contribution in [0.3, 0.4) is 0 Å². The quantitative estimate of drug-likeness (QED) is 0.0891. The minimum atomic E-state index is -0.195. The SMILES string of the molecule is C(#Cc1csc2c(-c3ccc4nc[nH]c4c3)csc12)c1cnc[nH]1.CC.CCC.CNC(C(=O)N1CCCC1)c1ccccc1.COC=O.O=CNCC(=O)N1CCCC1. The number of nitrogens with one attached hydrogen (secondary N) is 4. The number of hydrogen-bond acceptors (Lipinski definition) is 10. The van der Waals surface area contributed by atoms with Crippen LogP contribution in [0, 0.1) is 11.8 Å². The van der Waals surface area contributed by atoms with E-state index in [1.54, 1.807) is 46.4 Å². The third kappa shape index (κ3) is 14.8. The third-order valence-corrected chi connectivity index (χ3v) is 11.0. The van der Waals surface area contributed by atoms with Gasteiger partial charge in [0.15, 0.2) is 0 Å². The zero-order valence-electron chi connectivity index (χ0n) is 35.5. The van der Waals surface area contributed by atoms with E-state index in [1.807, 2.05) is 56.1 Å². The number of likely N-dealkylation sites (tertiary alicyclic amines) is 2. The molecule has 2 aliphatic heterocycles. The van der Waals surface area contributed by atoms with Gasteiger partial charge in [-0.1, -0.05) is 76.4 Å². The van der Waals surface area contributed by atoms with Gasteiger partial charge >= 0.3 is 0 Å². The summed E-state index contributed by atoms with van der Waals surface area (Å²) in [6.45, 7) is 12.3. The minimum Gasteiger partial charge on any atom is -0.471 e. The Balaban J connectivity index is 0.000000232. The maximum absolute atomic E-state index is 12.2. The highest BCUT2D eigenvalue weighted by molar-refractivity contribution is 7.27. The van der Waals surface area contributed by atoms with Crippen molar-refractivity contribution < 1.29 is 23.9 Å². The first-order valence-electron chi connectivity index (χ1n) is 20.2. The first-order chi connectivity index (χ1) is 29.4. The number of fused-ring (bicyclic) bond motifs is 2. The maximum atomic E-state index is 12.2. The highest BCUT2D eigenvalue weighted by Crippen LogP contribution is 2.40. The molecule has 60 heavy (non-hydrogen) atoms. The topological polar surface area (TPSA) is 165 Å². The van der Waals surface area contributed by atoms with Gasteiger partial charge in [0, 0.05) is 42.5 Å². The molecular formula is C45H58N8O5S2. The van der Waals surface area contributed by atoms with Crippen LogP contribution >= 0.6 is 22.7 Å². The molecule has 6 heterocycles. The number of benzene rings is 2. The van der Waals surface area contributed by atoms with Crippen molar-refractivity contribution in [3.63, 3.8) is 0 Å². The van der Waals surface area contributed by atoms with E-state index in [0.717, 1.165) is 79.7 Å². The van der Waals surface area contributed by atoms with Gasteiger partial charge in [-0.05, 0) is 61.9 Å². The first-order valence-corrected chi connectivity index (χ1v) is 22.0. The monoisotopic (exact) mass is 854 g/mol. The molecule has 8 rings (SSSR count). The molecule has 2 fully saturated rings. The maximum Gasteiger partial charge on any atom is 0.292 e. The Bertz CT molecular complexity index is 2190. The molecule has 0 saturated carbocycles. The lowest BCUT2D eigenvalue weighted by Gasteiger charge is -2.23. The third-order valence-electron chi connectivity index (χ3n) is 8.82. The van der Waals surface area contributed by atoms with E-state index in [-0.39, 0.29) is 24.4 Å². The highest BCUT2D eigenvalue weighted by Gasteiger charge is 2.26. The lowest BCUT2D eigenvalue weighted by molar-refractivity contribution is -0.132. The molecule has 1 unspecified atom stereocenters. The van der Waals surface area contributed by atoms with Crippen LogP contribution in [-0.2, 0) is 23.9 Å². The van der Waals surface area contributed by atoms with Gasteiger partial charge in [0.05, 0.1) is 58.5 Å². The fourth-order valence-electron chi connectivity index (χ4n) is 6.07. The smallest absolute Gasteiger partial charge is 0.292 e. The fraction of sp³-hybridized carbons (Fsp3) is 0.378. The molecular weight excluding hydrogens is 797 g/mol. The molecule has 2 aromatic carbocycles. The molecule has 2 saturated heterocycles. The summed E-state index contributed by atoms with van der Waals surface area (Å²) in [6.07, 6.45) is 11.4. The summed E-state index contributed by atoms with van der Waals surface area (Å²) in [5.74, 6) is 6.59. The van der Waals surface area contributed by atoms with Crippen molar-refractivity contribution in [1.29, 1.82) is 0 Å². The molecule has 13 nitrogen and oxygen atoms in total. The van der Waals surface area contributed by atoms with E-state index in [0.29, 0.717) is 12.9 Å². The molecule has 1 atom stereocenters. The van der Waals surface area contributed by atoms with E-state index in [4.69, 9.17) is 4.79 Å². The number of aromatic amines is 2. The van der Waals surface area contributed by atoms with Gasteiger partial charge in [-0.25, -0.2) is 9.97 Å². The normalized spacial score (nSPS) is 12.8. The van der Waals surface area contributed by atoms with Crippen molar-refractivity contribution in [2.75, 3.05) is 46.9 Å². The van der Waals surface area contributed by atoms with Crippen LogP contribution in [0.1, 0.15) is 82.7 Å². The average Bonchev–Trinajstić information content (AvgIpc) is 4.14. The van der Waals surface area contributed by atoms with Crippen LogP contribution in [0.2, 0.25) is 0 Å². The van der Waals surface area contributed by atoms with Crippen LogP contribution in [0.5, 0.6) is 0 Å². The summed E-state index contributed by atoms with van der Waals surface area (Å²) in [7, 11) is 3.15. The van der Waals surface area contributed by atoms with Crippen molar-refractivity contribution in [2.45, 2.75) is 65.8 Å². The predicted octanol–water partition coefficient (Wildman–Crippen LogP) is 7.79. The Morgan fingerprint density at radius 1 is 0.900 bits per heavy atom. The number of methoxy groups -OCH3 is 1. The summed E-state index contributed by atoms with van der Waals surface area (Å²) in [5.41, 5.74) is 7.45. The standard InChI is InChI=1S/C18H10N4S2.C13H18N2O.C7H12N2O2.C3H8.C2H4O2.C2H6/c1(3-13-6-19-9-20-13)12-7-23-18-14(8-24-17(12)18)11-2-4-15-16(5-11)22-10-21-15;1-14-12(11-7-3-2-4-8-11)13(16)15-9-5-6-10-15;10-6-8-5-7(11)9-3-1-2-4-9;1-3-2;1-4-2-3;1-2/h2,4-10H,(H,19,20)(H,21,22);2-4,7-8,12,14H,5-6,9-10H2,1H3;6H,1-5H2,(H,8,10);3H2,1-2H3;2H,1H3;1-2H3. The van der Waals surface area contributed by atoms with Gasteiger partial charge in [0.25, 0.3) is 6.47 Å². The Labute approximate surface area is 361 Å². The molecule has 3 amide bonds. The Morgan fingerprint density at radius 3 is 2.15 bits per heavy atom. The molecule has 6 aromatic rings. The number of ether oxygens (including phenoxy) is 1. The van der Waals surface area contributed by atoms with Crippen LogP contribution in [0.4, 0.5) is 0 Å². The minimum absolute atomic E-state index is 0.0228. The van der Waals surface area contributed by atoms with Gasteiger partial charge in [0.1, 0.15) is 11.7 Å². The number of carbonyl (C=O) groups is 4. The van der Waals surface area contributed by atoms with Crippen LogP contribution in [0.25, 0.3) is 31.6 Å². The fourth-order valence-corrected chi connectivity index (χ4v) is 8.39. The molecule has 2 aliphatic rings. The largest absolute Gasteiger partial charge is 0.471 e. The number of hydrogen-bond donors (Lipinski definition) is 4. The summed E-state index contributed by atoms with van der Waals surface area (Å²) in [5, 5.41) is 9.79. The van der Waals surface area contributed by atoms with Crippen molar-refractivity contribution in [1.82, 2.24) is 40.4 Å². The lowest BCUT2D eigenvalue weighted by Crippen LogP contribution is -2.38. The van der Waals surface area contributed by atoms with E-state index >= 15 is 0 Å². The van der Waals surface area contributed by atoms with Crippen molar-refractivity contribution in [3.05, 3.63) is 95.0 Å². The number of aromatic nitrogens is 4. The number of carbonyl (C=O) groups excluding carboxylic acids is 4. The second-order valence-electron chi connectivity index (χ2n) is 13.1. The average molecular weight is 855 g/mol. The zero-order chi connectivity index (χ0) is 43.5. The molecule has 4 aromatic heterocycles. The Kier molecular flexibility index (Phi) is 22.5. The van der Waals surface area contributed by atoms with Crippen LogP contribution in [0.15, 0.2) is 78.1 Å². The van der Waals surface area contributed by atoms with Crippen molar-refractivity contribution in [3.8, 4) is 23.0 Å². The van der Waals surface area contributed by atoms with Gasteiger partial charge in [0.2, 0.25) is 18.2 Å².